The SMILES string of the molecule is Cn1c(=O)cc(C(=O)NC(c2ccccc2)c2ccc(Cl)cc2)c2ccccc21. The lowest BCUT2D eigenvalue weighted by molar-refractivity contribution is 0.0944. The molecule has 144 valence electrons. The molecule has 0 saturated heterocycles. The van der Waals surface area contributed by atoms with Gasteiger partial charge in [-0.15, -0.1) is 0 Å². The van der Waals surface area contributed by atoms with Gasteiger partial charge in [-0.3, -0.25) is 9.59 Å². The topological polar surface area (TPSA) is 51.1 Å². The van der Waals surface area contributed by atoms with Crippen molar-refractivity contribution in [1.82, 2.24) is 9.88 Å². The van der Waals surface area contributed by atoms with E-state index in [1.807, 2.05) is 66.7 Å². The van der Waals surface area contributed by atoms with Crippen molar-refractivity contribution < 1.29 is 4.79 Å². The van der Waals surface area contributed by atoms with Crippen LogP contribution in [0.5, 0.6) is 0 Å². The summed E-state index contributed by atoms with van der Waals surface area (Å²) in [5, 5.41) is 4.45. The van der Waals surface area contributed by atoms with E-state index in [4.69, 9.17) is 11.6 Å². The molecule has 4 aromatic rings. The van der Waals surface area contributed by atoms with Crippen LogP contribution < -0.4 is 10.9 Å². The number of nitrogens with one attached hydrogen (secondary N) is 1. The number of aromatic nitrogens is 1. The lowest BCUT2D eigenvalue weighted by Gasteiger charge is -2.21. The predicted molar refractivity (Wildman–Crippen MR) is 116 cm³/mol. The molecular formula is C24H19ClN2O2. The Labute approximate surface area is 173 Å². The van der Waals surface area contributed by atoms with Gasteiger partial charge in [0.15, 0.2) is 0 Å². The smallest absolute Gasteiger partial charge is 0.252 e. The number of aryl methyl sites for hydroxylation is 1. The minimum Gasteiger partial charge on any atom is -0.341 e. The number of benzene rings is 3. The van der Waals surface area contributed by atoms with Crippen molar-refractivity contribution in [2.24, 2.45) is 7.05 Å². The minimum absolute atomic E-state index is 0.225. The summed E-state index contributed by atoms with van der Waals surface area (Å²) in [5.74, 6) is -0.303. The van der Waals surface area contributed by atoms with Crippen LogP contribution in [0.2, 0.25) is 5.02 Å². The fourth-order valence-electron chi connectivity index (χ4n) is 3.47. The molecule has 1 N–H and O–H groups in total. The molecule has 4 rings (SSSR count). The third kappa shape index (κ3) is 3.80. The van der Waals surface area contributed by atoms with Crippen LogP contribution in [0, 0.1) is 0 Å². The number of amides is 1. The molecule has 1 heterocycles. The Morgan fingerprint density at radius 1 is 0.897 bits per heavy atom. The molecule has 29 heavy (non-hydrogen) atoms. The number of para-hydroxylation sites is 1. The van der Waals surface area contributed by atoms with Crippen molar-refractivity contribution >= 4 is 28.4 Å². The monoisotopic (exact) mass is 402 g/mol. The highest BCUT2D eigenvalue weighted by molar-refractivity contribution is 6.30. The van der Waals surface area contributed by atoms with E-state index in [2.05, 4.69) is 5.32 Å². The summed E-state index contributed by atoms with van der Waals surface area (Å²) in [6.07, 6.45) is 0. The molecule has 1 atom stereocenters. The number of hydrogen-bond donors (Lipinski definition) is 1. The molecule has 0 aliphatic rings. The van der Waals surface area contributed by atoms with Crippen molar-refractivity contribution in [3.05, 3.63) is 117 Å². The van der Waals surface area contributed by atoms with Crippen LogP contribution in [0.15, 0.2) is 89.7 Å². The molecule has 1 aromatic heterocycles. The minimum atomic E-state index is -0.371. The maximum Gasteiger partial charge on any atom is 0.252 e. The number of nitrogens with zero attached hydrogens (tertiary/aromatic N) is 1. The maximum absolute atomic E-state index is 13.3. The summed E-state index contributed by atoms with van der Waals surface area (Å²) in [5.41, 5.74) is 2.70. The average molecular weight is 403 g/mol. The quantitative estimate of drug-likeness (QED) is 0.537. The van der Waals surface area contributed by atoms with Crippen LogP contribution >= 0.6 is 11.6 Å². The van der Waals surface area contributed by atoms with Gasteiger partial charge in [0, 0.05) is 23.5 Å². The highest BCUT2D eigenvalue weighted by Gasteiger charge is 2.20. The van der Waals surface area contributed by atoms with Crippen LogP contribution in [0.4, 0.5) is 0 Å². The van der Waals surface area contributed by atoms with Gasteiger partial charge in [0.05, 0.1) is 17.1 Å². The zero-order chi connectivity index (χ0) is 20.4. The van der Waals surface area contributed by atoms with Crippen LogP contribution in [0.3, 0.4) is 0 Å². The van der Waals surface area contributed by atoms with E-state index in [1.54, 1.807) is 23.7 Å². The van der Waals surface area contributed by atoms with E-state index < -0.39 is 0 Å². The van der Waals surface area contributed by atoms with Gasteiger partial charge in [0.1, 0.15) is 0 Å². The second-order valence-electron chi connectivity index (χ2n) is 6.84. The van der Waals surface area contributed by atoms with Crippen molar-refractivity contribution in [2.45, 2.75) is 6.04 Å². The van der Waals surface area contributed by atoms with Gasteiger partial charge in [0.25, 0.3) is 11.5 Å². The summed E-state index contributed by atoms with van der Waals surface area (Å²) in [4.78, 5) is 25.7. The van der Waals surface area contributed by atoms with E-state index in [-0.39, 0.29) is 17.5 Å². The van der Waals surface area contributed by atoms with Gasteiger partial charge in [-0.05, 0) is 29.3 Å². The third-order valence-corrected chi connectivity index (χ3v) is 5.26. The first-order chi connectivity index (χ1) is 14.0. The molecular weight excluding hydrogens is 384 g/mol. The van der Waals surface area contributed by atoms with Crippen molar-refractivity contribution in [1.29, 1.82) is 0 Å². The molecule has 0 saturated carbocycles. The fourth-order valence-corrected chi connectivity index (χ4v) is 3.59. The van der Waals surface area contributed by atoms with Gasteiger partial charge >= 0.3 is 0 Å². The van der Waals surface area contributed by atoms with Crippen molar-refractivity contribution in [2.75, 3.05) is 0 Å². The molecule has 0 fully saturated rings. The second kappa shape index (κ2) is 7.94. The summed E-state index contributed by atoms with van der Waals surface area (Å²) in [6, 6.07) is 25.5. The Balaban J connectivity index is 1.78. The fraction of sp³-hybridized carbons (Fsp3) is 0.0833. The Morgan fingerprint density at radius 2 is 1.52 bits per heavy atom. The third-order valence-electron chi connectivity index (χ3n) is 5.01. The van der Waals surface area contributed by atoms with E-state index in [1.165, 1.54) is 6.07 Å². The Morgan fingerprint density at radius 3 is 2.24 bits per heavy atom. The predicted octanol–water partition coefficient (Wildman–Crippen LogP) is 4.71. The van der Waals surface area contributed by atoms with E-state index in [0.717, 1.165) is 16.5 Å². The molecule has 0 bridgehead atoms. The van der Waals surface area contributed by atoms with Gasteiger partial charge < -0.3 is 9.88 Å². The van der Waals surface area contributed by atoms with E-state index in [0.29, 0.717) is 16.1 Å². The number of fused-ring (bicyclic) bond motifs is 1. The molecule has 1 unspecified atom stereocenters. The molecule has 0 aliphatic carbocycles. The molecule has 0 radical (unpaired) electrons. The van der Waals surface area contributed by atoms with Gasteiger partial charge in [0.2, 0.25) is 0 Å². The zero-order valence-corrected chi connectivity index (χ0v) is 16.6. The van der Waals surface area contributed by atoms with Gasteiger partial charge in [-0.2, -0.15) is 0 Å². The summed E-state index contributed by atoms with van der Waals surface area (Å²) in [7, 11) is 1.70. The molecule has 0 aliphatic heterocycles. The molecule has 3 aromatic carbocycles. The van der Waals surface area contributed by atoms with Crippen LogP contribution in [-0.4, -0.2) is 10.5 Å². The number of carbonyl (C=O) groups is 1. The lowest BCUT2D eigenvalue weighted by atomic mass is 9.98. The van der Waals surface area contributed by atoms with Crippen molar-refractivity contribution in [3.8, 4) is 0 Å². The first kappa shape index (κ1) is 19.0. The summed E-state index contributed by atoms with van der Waals surface area (Å²) < 4.78 is 1.54. The van der Waals surface area contributed by atoms with E-state index in [9.17, 15) is 9.59 Å². The van der Waals surface area contributed by atoms with Gasteiger partial charge in [-0.1, -0.05) is 72.3 Å². The van der Waals surface area contributed by atoms with Crippen molar-refractivity contribution in [3.63, 3.8) is 0 Å². The number of carbonyl (C=O) groups excluding carboxylic acids is 1. The largest absolute Gasteiger partial charge is 0.341 e. The van der Waals surface area contributed by atoms with Crippen LogP contribution in [-0.2, 0) is 7.05 Å². The first-order valence-corrected chi connectivity index (χ1v) is 9.62. The number of hydrogen-bond acceptors (Lipinski definition) is 2. The maximum atomic E-state index is 13.3. The molecule has 1 amide bonds. The Hall–Kier alpha value is -3.37. The van der Waals surface area contributed by atoms with Gasteiger partial charge in [-0.25, -0.2) is 0 Å². The average Bonchev–Trinajstić information content (AvgIpc) is 2.76. The first-order valence-electron chi connectivity index (χ1n) is 9.24. The highest BCUT2D eigenvalue weighted by Crippen LogP contribution is 2.25. The Kier molecular flexibility index (Phi) is 5.19. The van der Waals surface area contributed by atoms with E-state index >= 15 is 0 Å². The molecule has 5 heteroatoms. The number of halogens is 1. The van der Waals surface area contributed by atoms with Crippen LogP contribution in [0.25, 0.3) is 10.9 Å². The number of rotatable bonds is 4. The normalized spacial score (nSPS) is 11.9. The zero-order valence-electron chi connectivity index (χ0n) is 15.8. The van der Waals surface area contributed by atoms with Crippen LogP contribution in [0.1, 0.15) is 27.5 Å². The molecule has 0 spiro atoms. The molecule has 4 nitrogen and oxygen atoms in total. The number of pyridine rings is 1. The lowest BCUT2D eigenvalue weighted by Crippen LogP contribution is -2.31. The second-order valence-corrected chi connectivity index (χ2v) is 7.28. The highest BCUT2D eigenvalue weighted by atomic mass is 35.5. The summed E-state index contributed by atoms with van der Waals surface area (Å²) in [6.45, 7) is 0. The Bertz CT molecular complexity index is 1230. The summed E-state index contributed by atoms with van der Waals surface area (Å²) >= 11 is 6.04. The standard InChI is InChI=1S/C24H19ClN2O2/c1-27-21-10-6-5-9-19(21)20(15-22(27)28)24(29)26-23(16-7-3-2-4-8-16)17-11-13-18(25)14-12-17/h2-15,23H,1H3,(H,26,29).